The number of hydrogen-bond acceptors (Lipinski definition) is 3. The quantitative estimate of drug-likeness (QED) is 0.944. The smallest absolute Gasteiger partial charge is 0.346 e. The van der Waals surface area contributed by atoms with E-state index in [1.807, 2.05) is 24.3 Å². The molecule has 0 fully saturated rings. The first-order chi connectivity index (χ1) is 9.66. The molecular formula is C15H13NO3S. The number of carboxylic acids is 1. The molecule has 2 heterocycles. The van der Waals surface area contributed by atoms with Gasteiger partial charge in [-0.1, -0.05) is 18.2 Å². The number of para-hydroxylation sites is 1. The number of aromatic carboxylic acids is 1. The Kier molecular flexibility index (Phi) is 3.28. The monoisotopic (exact) mass is 287 g/mol. The van der Waals surface area contributed by atoms with E-state index >= 15 is 0 Å². The van der Waals surface area contributed by atoms with Crippen LogP contribution < -0.4 is 4.90 Å². The predicted molar refractivity (Wildman–Crippen MR) is 77.2 cm³/mol. The number of aryl methyl sites for hydroxylation is 1. The molecule has 0 saturated heterocycles. The van der Waals surface area contributed by atoms with Crippen molar-refractivity contribution >= 4 is 28.9 Å². The molecule has 102 valence electrons. The van der Waals surface area contributed by atoms with Gasteiger partial charge in [0.1, 0.15) is 4.88 Å². The van der Waals surface area contributed by atoms with Crippen molar-refractivity contribution in [2.45, 2.75) is 19.4 Å². The van der Waals surface area contributed by atoms with Crippen molar-refractivity contribution in [1.29, 1.82) is 0 Å². The second kappa shape index (κ2) is 5.09. The fourth-order valence-electron chi connectivity index (χ4n) is 2.49. The molecule has 1 N–H and O–H groups in total. The molecule has 0 radical (unpaired) electrons. The Bertz CT molecular complexity index is 677. The lowest BCUT2D eigenvalue weighted by Crippen LogP contribution is -2.34. The first-order valence-corrected chi connectivity index (χ1v) is 7.22. The van der Waals surface area contributed by atoms with E-state index in [0.717, 1.165) is 17.7 Å². The topological polar surface area (TPSA) is 57.6 Å². The van der Waals surface area contributed by atoms with Gasteiger partial charge in [-0.3, -0.25) is 4.79 Å². The molecule has 0 atom stereocenters. The number of amides is 1. The second-order valence-electron chi connectivity index (χ2n) is 4.69. The molecule has 0 aliphatic carbocycles. The molecule has 1 aromatic heterocycles. The van der Waals surface area contributed by atoms with Crippen molar-refractivity contribution in [3.8, 4) is 0 Å². The average molecular weight is 287 g/mol. The average Bonchev–Trinajstić information content (AvgIpc) is 2.90. The number of rotatable bonds is 3. The Hall–Kier alpha value is -2.14. The fraction of sp³-hybridized carbons (Fsp3) is 0.200. The molecule has 1 amide bonds. The number of carboxylic acid groups (broad SMARTS) is 1. The molecule has 0 saturated carbocycles. The Labute approximate surface area is 120 Å². The first kappa shape index (κ1) is 12.9. The van der Waals surface area contributed by atoms with Crippen LogP contribution >= 0.6 is 11.3 Å². The second-order valence-corrected chi connectivity index (χ2v) is 5.60. The van der Waals surface area contributed by atoms with Gasteiger partial charge in [0.2, 0.25) is 5.91 Å². The summed E-state index contributed by atoms with van der Waals surface area (Å²) in [6, 6.07) is 9.56. The van der Waals surface area contributed by atoms with Crippen LogP contribution in [0, 0.1) is 0 Å². The van der Waals surface area contributed by atoms with E-state index < -0.39 is 5.97 Å². The first-order valence-electron chi connectivity index (χ1n) is 6.35. The van der Waals surface area contributed by atoms with Crippen molar-refractivity contribution in [1.82, 2.24) is 0 Å². The standard InChI is InChI=1S/C15H13NO3S/c17-13-6-5-10-3-1-2-4-12(10)16(13)9-11-7-8-20-14(11)15(18)19/h1-4,7-8H,5-6,9H2,(H,18,19). The summed E-state index contributed by atoms with van der Waals surface area (Å²) >= 11 is 1.19. The molecule has 0 unspecified atom stereocenters. The van der Waals surface area contributed by atoms with Gasteiger partial charge >= 0.3 is 5.97 Å². The lowest BCUT2D eigenvalue weighted by atomic mass is 10.0. The molecular weight excluding hydrogens is 274 g/mol. The maximum Gasteiger partial charge on any atom is 0.346 e. The molecule has 1 aromatic carbocycles. The summed E-state index contributed by atoms with van der Waals surface area (Å²) in [5.74, 6) is -0.890. The van der Waals surface area contributed by atoms with Crippen molar-refractivity contribution in [2.75, 3.05) is 4.90 Å². The van der Waals surface area contributed by atoms with Crippen molar-refractivity contribution in [3.63, 3.8) is 0 Å². The minimum absolute atomic E-state index is 0.0474. The highest BCUT2D eigenvalue weighted by atomic mass is 32.1. The van der Waals surface area contributed by atoms with Gasteiger partial charge in [-0.05, 0) is 35.1 Å². The highest BCUT2D eigenvalue weighted by molar-refractivity contribution is 7.12. The lowest BCUT2D eigenvalue weighted by molar-refractivity contribution is -0.119. The van der Waals surface area contributed by atoms with E-state index in [1.54, 1.807) is 16.3 Å². The van der Waals surface area contributed by atoms with Crippen LogP contribution in [0.3, 0.4) is 0 Å². The predicted octanol–water partition coefficient (Wildman–Crippen LogP) is 2.93. The number of carbonyl (C=O) groups excluding carboxylic acids is 1. The number of anilines is 1. The van der Waals surface area contributed by atoms with Crippen molar-refractivity contribution in [2.24, 2.45) is 0 Å². The van der Waals surface area contributed by atoms with Crippen LogP contribution in [-0.4, -0.2) is 17.0 Å². The summed E-state index contributed by atoms with van der Waals surface area (Å²) < 4.78 is 0. The number of nitrogens with zero attached hydrogens (tertiary/aromatic N) is 1. The third-order valence-corrected chi connectivity index (χ3v) is 4.41. The van der Waals surface area contributed by atoms with Gasteiger partial charge in [0.15, 0.2) is 0 Å². The highest BCUT2D eigenvalue weighted by Gasteiger charge is 2.25. The molecule has 5 heteroatoms. The number of carbonyl (C=O) groups is 2. The van der Waals surface area contributed by atoms with Crippen LogP contribution in [0.25, 0.3) is 0 Å². The zero-order valence-corrected chi connectivity index (χ0v) is 11.5. The molecule has 0 spiro atoms. The van der Waals surface area contributed by atoms with Crippen molar-refractivity contribution in [3.05, 3.63) is 51.7 Å². The Balaban J connectivity index is 1.96. The van der Waals surface area contributed by atoms with E-state index in [0.29, 0.717) is 23.4 Å². The maximum atomic E-state index is 12.1. The van der Waals surface area contributed by atoms with E-state index in [9.17, 15) is 9.59 Å². The van der Waals surface area contributed by atoms with Crippen molar-refractivity contribution < 1.29 is 14.7 Å². The summed E-state index contributed by atoms with van der Waals surface area (Å²) in [7, 11) is 0. The van der Waals surface area contributed by atoms with Gasteiger partial charge in [-0.15, -0.1) is 11.3 Å². The Morgan fingerprint density at radius 3 is 2.85 bits per heavy atom. The summed E-state index contributed by atoms with van der Waals surface area (Å²) in [5.41, 5.74) is 2.72. The largest absolute Gasteiger partial charge is 0.477 e. The Morgan fingerprint density at radius 2 is 2.05 bits per heavy atom. The molecule has 1 aliphatic rings. The van der Waals surface area contributed by atoms with Crippen LogP contribution in [0.15, 0.2) is 35.7 Å². The molecule has 2 aromatic rings. The van der Waals surface area contributed by atoms with Crippen LogP contribution in [0.1, 0.15) is 27.2 Å². The molecule has 0 bridgehead atoms. The van der Waals surface area contributed by atoms with Gasteiger partial charge in [-0.2, -0.15) is 0 Å². The molecule has 1 aliphatic heterocycles. The Morgan fingerprint density at radius 1 is 1.25 bits per heavy atom. The maximum absolute atomic E-state index is 12.1. The summed E-state index contributed by atoms with van der Waals surface area (Å²) in [5, 5.41) is 10.9. The van der Waals surface area contributed by atoms with Crippen LogP contribution in [0.4, 0.5) is 5.69 Å². The normalized spacial score (nSPS) is 14.2. The van der Waals surface area contributed by atoms with E-state index in [-0.39, 0.29) is 5.91 Å². The zero-order valence-electron chi connectivity index (χ0n) is 10.7. The van der Waals surface area contributed by atoms with Gasteiger partial charge in [0, 0.05) is 12.1 Å². The van der Waals surface area contributed by atoms with Crippen LogP contribution in [0.5, 0.6) is 0 Å². The van der Waals surface area contributed by atoms with Gasteiger partial charge in [-0.25, -0.2) is 4.79 Å². The SMILES string of the molecule is O=C(O)c1sccc1CN1C(=O)CCc2ccccc21. The minimum Gasteiger partial charge on any atom is -0.477 e. The van der Waals surface area contributed by atoms with Gasteiger partial charge in [0.25, 0.3) is 0 Å². The van der Waals surface area contributed by atoms with E-state index in [2.05, 4.69) is 0 Å². The molecule has 4 nitrogen and oxygen atoms in total. The number of fused-ring (bicyclic) bond motifs is 1. The van der Waals surface area contributed by atoms with E-state index in [4.69, 9.17) is 5.11 Å². The van der Waals surface area contributed by atoms with Crippen LogP contribution in [0.2, 0.25) is 0 Å². The third kappa shape index (κ3) is 2.20. The number of hydrogen-bond donors (Lipinski definition) is 1. The number of thiophene rings is 1. The molecule has 20 heavy (non-hydrogen) atoms. The summed E-state index contributed by atoms with van der Waals surface area (Å²) in [4.78, 5) is 25.3. The lowest BCUT2D eigenvalue weighted by Gasteiger charge is -2.29. The summed E-state index contributed by atoms with van der Waals surface area (Å²) in [6.07, 6.45) is 1.23. The minimum atomic E-state index is -0.937. The van der Waals surface area contributed by atoms with Gasteiger partial charge < -0.3 is 10.0 Å². The number of benzene rings is 1. The highest BCUT2D eigenvalue weighted by Crippen LogP contribution is 2.30. The van der Waals surface area contributed by atoms with Gasteiger partial charge in [0.05, 0.1) is 6.54 Å². The van der Waals surface area contributed by atoms with E-state index in [1.165, 1.54) is 11.3 Å². The fourth-order valence-corrected chi connectivity index (χ4v) is 3.24. The summed E-state index contributed by atoms with van der Waals surface area (Å²) in [6.45, 7) is 0.320. The zero-order chi connectivity index (χ0) is 14.1. The van der Waals surface area contributed by atoms with Crippen LogP contribution in [-0.2, 0) is 17.8 Å². The third-order valence-electron chi connectivity index (χ3n) is 3.46. The molecule has 3 rings (SSSR count).